The van der Waals surface area contributed by atoms with Gasteiger partial charge in [0.1, 0.15) is 0 Å². The lowest BCUT2D eigenvalue weighted by Crippen LogP contribution is -2.27. The van der Waals surface area contributed by atoms with E-state index in [1.165, 1.54) is 20.0 Å². The van der Waals surface area contributed by atoms with Crippen molar-refractivity contribution in [3.05, 3.63) is 70.1 Å². The van der Waals surface area contributed by atoms with Crippen LogP contribution in [0.3, 0.4) is 0 Å². The molecule has 0 aliphatic heterocycles. The van der Waals surface area contributed by atoms with Crippen molar-refractivity contribution >= 4 is 33.4 Å². The molecule has 3 rings (SSSR count). The van der Waals surface area contributed by atoms with Gasteiger partial charge in [0.25, 0.3) is 0 Å². The summed E-state index contributed by atoms with van der Waals surface area (Å²) in [6, 6.07) is 19.2. The molecule has 0 aliphatic carbocycles. The summed E-state index contributed by atoms with van der Waals surface area (Å²) >= 11 is 2.45. The fraction of sp³-hybridized carbons (Fsp3) is 0.176. The number of halogens is 1. The largest absolute Gasteiger partial charge is 0.332 e. The molecule has 0 unspecified atom stereocenters. The molecule has 1 nitrogen and oxygen atoms in total. The van der Waals surface area contributed by atoms with E-state index in [4.69, 9.17) is 0 Å². The van der Waals surface area contributed by atoms with Gasteiger partial charge in [0.2, 0.25) is 0 Å². The molecule has 2 aromatic carbocycles. The highest BCUT2D eigenvalue weighted by Gasteiger charge is 2.25. The molecule has 3 aromatic rings. The van der Waals surface area contributed by atoms with Crippen LogP contribution in [0.25, 0.3) is 10.8 Å². The lowest BCUT2D eigenvalue weighted by molar-refractivity contribution is 0.431. The minimum absolute atomic E-state index is 0.0448. The molecular formula is C17H16IN. The van der Waals surface area contributed by atoms with Crippen LogP contribution in [-0.4, -0.2) is 4.57 Å². The predicted octanol–water partition coefficient (Wildman–Crippen LogP) is 5.03. The molecule has 96 valence electrons. The van der Waals surface area contributed by atoms with Gasteiger partial charge >= 0.3 is 0 Å². The van der Waals surface area contributed by atoms with E-state index in [0.29, 0.717) is 0 Å². The van der Waals surface area contributed by atoms with Crippen molar-refractivity contribution in [2.24, 2.45) is 0 Å². The van der Waals surface area contributed by atoms with Crippen LogP contribution >= 0.6 is 22.6 Å². The quantitative estimate of drug-likeness (QED) is 0.565. The predicted molar refractivity (Wildman–Crippen MR) is 89.5 cm³/mol. The first-order valence-electron chi connectivity index (χ1n) is 6.42. The molecule has 0 spiro atoms. The molecule has 2 heteroatoms. The monoisotopic (exact) mass is 361 g/mol. The fourth-order valence-corrected chi connectivity index (χ4v) is 3.75. The van der Waals surface area contributed by atoms with E-state index in [2.05, 4.69) is 102 Å². The summed E-state index contributed by atoms with van der Waals surface area (Å²) in [5, 5.41) is 2.63. The van der Waals surface area contributed by atoms with E-state index in [1.54, 1.807) is 0 Å². The molecule has 0 saturated carbocycles. The van der Waals surface area contributed by atoms with Crippen LogP contribution in [0.5, 0.6) is 0 Å². The number of hydrogen-bond donors (Lipinski definition) is 0. The molecule has 19 heavy (non-hydrogen) atoms. The standard InChI is InChI=1S/C17H16IN/c1-17(2,14-9-4-3-5-10-14)19-12-13-8-6-7-11-15(13)16(19)18/h3-12H,1-2H3. The summed E-state index contributed by atoms with van der Waals surface area (Å²) in [5.74, 6) is 0. The third-order valence-electron chi connectivity index (χ3n) is 3.75. The van der Waals surface area contributed by atoms with E-state index in [0.717, 1.165) is 0 Å². The van der Waals surface area contributed by atoms with Crippen molar-refractivity contribution in [3.63, 3.8) is 0 Å². The minimum Gasteiger partial charge on any atom is -0.332 e. The first kappa shape index (κ1) is 12.7. The molecule has 1 heterocycles. The van der Waals surface area contributed by atoms with E-state index in [9.17, 15) is 0 Å². The summed E-state index contributed by atoms with van der Waals surface area (Å²) in [6.07, 6.45) is 2.25. The van der Waals surface area contributed by atoms with Crippen molar-refractivity contribution in [2.45, 2.75) is 19.4 Å². The van der Waals surface area contributed by atoms with E-state index in [-0.39, 0.29) is 5.54 Å². The first-order chi connectivity index (χ1) is 9.10. The average molecular weight is 361 g/mol. The van der Waals surface area contributed by atoms with Gasteiger partial charge in [-0.15, -0.1) is 0 Å². The lowest BCUT2D eigenvalue weighted by Gasteiger charge is -2.29. The Morgan fingerprint density at radius 3 is 2.21 bits per heavy atom. The molecule has 0 aliphatic rings. The highest BCUT2D eigenvalue weighted by molar-refractivity contribution is 14.1. The Balaban J connectivity index is 2.21. The number of nitrogens with zero attached hydrogens (tertiary/aromatic N) is 1. The number of hydrogen-bond acceptors (Lipinski definition) is 0. The Labute approximate surface area is 127 Å². The van der Waals surface area contributed by atoms with Crippen LogP contribution in [0.1, 0.15) is 19.4 Å². The van der Waals surface area contributed by atoms with Crippen LogP contribution in [0, 0.1) is 3.70 Å². The molecule has 0 N–H and O–H groups in total. The Morgan fingerprint density at radius 1 is 0.895 bits per heavy atom. The van der Waals surface area contributed by atoms with E-state index < -0.39 is 0 Å². The second-order valence-electron chi connectivity index (χ2n) is 5.30. The smallest absolute Gasteiger partial charge is 0.0885 e. The van der Waals surface area contributed by atoms with Crippen molar-refractivity contribution in [2.75, 3.05) is 0 Å². The molecule has 0 saturated heterocycles. The molecule has 0 bridgehead atoms. The number of benzene rings is 2. The van der Waals surface area contributed by atoms with Gasteiger partial charge in [-0.3, -0.25) is 0 Å². The fourth-order valence-electron chi connectivity index (χ4n) is 2.51. The molecule has 0 fully saturated rings. The lowest BCUT2D eigenvalue weighted by atomic mass is 9.94. The van der Waals surface area contributed by atoms with Crippen LogP contribution in [0.15, 0.2) is 60.8 Å². The van der Waals surface area contributed by atoms with Gasteiger partial charge in [-0.25, -0.2) is 0 Å². The maximum Gasteiger partial charge on any atom is 0.0885 e. The number of aromatic nitrogens is 1. The van der Waals surface area contributed by atoms with Crippen LogP contribution in [0.4, 0.5) is 0 Å². The Morgan fingerprint density at radius 2 is 1.53 bits per heavy atom. The maximum atomic E-state index is 2.45. The average Bonchev–Trinajstić information content (AvgIpc) is 2.78. The SMILES string of the molecule is CC(C)(c1ccccc1)n1cc2ccccc2c1I. The van der Waals surface area contributed by atoms with Gasteiger partial charge in [-0.1, -0.05) is 54.6 Å². The third kappa shape index (κ3) is 2.08. The van der Waals surface area contributed by atoms with Gasteiger partial charge < -0.3 is 4.57 Å². The normalized spacial score (nSPS) is 11.9. The maximum absolute atomic E-state index is 2.45. The minimum atomic E-state index is -0.0448. The van der Waals surface area contributed by atoms with Gasteiger partial charge in [-0.05, 0) is 42.0 Å². The van der Waals surface area contributed by atoms with Gasteiger partial charge in [0.15, 0.2) is 0 Å². The zero-order valence-electron chi connectivity index (χ0n) is 11.1. The molecule has 0 atom stereocenters. The van der Waals surface area contributed by atoms with Crippen molar-refractivity contribution in [1.29, 1.82) is 0 Å². The second-order valence-corrected chi connectivity index (χ2v) is 6.32. The first-order valence-corrected chi connectivity index (χ1v) is 7.50. The zero-order valence-corrected chi connectivity index (χ0v) is 13.3. The van der Waals surface area contributed by atoms with E-state index >= 15 is 0 Å². The number of fused-ring (bicyclic) bond motifs is 1. The van der Waals surface area contributed by atoms with Crippen LogP contribution in [0.2, 0.25) is 0 Å². The van der Waals surface area contributed by atoms with Crippen molar-refractivity contribution in [1.82, 2.24) is 4.57 Å². The van der Waals surface area contributed by atoms with Crippen molar-refractivity contribution in [3.8, 4) is 0 Å². The summed E-state index contributed by atoms with van der Waals surface area (Å²) in [6.45, 7) is 4.53. The van der Waals surface area contributed by atoms with E-state index in [1.807, 2.05) is 0 Å². The molecular weight excluding hydrogens is 345 g/mol. The van der Waals surface area contributed by atoms with Gasteiger partial charge in [-0.2, -0.15) is 0 Å². The Kier molecular flexibility index (Phi) is 3.13. The summed E-state index contributed by atoms with van der Waals surface area (Å²) in [5.41, 5.74) is 1.28. The molecule has 0 amide bonds. The zero-order chi connectivity index (χ0) is 13.5. The number of rotatable bonds is 2. The van der Waals surface area contributed by atoms with Crippen LogP contribution < -0.4 is 0 Å². The topological polar surface area (TPSA) is 4.93 Å². The summed E-state index contributed by atoms with van der Waals surface area (Å²) in [7, 11) is 0. The highest BCUT2D eigenvalue weighted by atomic mass is 127. The third-order valence-corrected chi connectivity index (χ3v) is 4.85. The van der Waals surface area contributed by atoms with Crippen molar-refractivity contribution < 1.29 is 0 Å². The summed E-state index contributed by atoms with van der Waals surface area (Å²) < 4.78 is 3.66. The van der Waals surface area contributed by atoms with Crippen LogP contribution in [-0.2, 0) is 5.54 Å². The second kappa shape index (κ2) is 4.67. The molecule has 0 radical (unpaired) electrons. The Hall–Kier alpha value is -1.29. The van der Waals surface area contributed by atoms with Gasteiger partial charge in [0.05, 0.1) is 9.24 Å². The highest BCUT2D eigenvalue weighted by Crippen LogP contribution is 2.32. The Bertz CT molecular complexity index is 710. The molecule has 1 aromatic heterocycles. The van der Waals surface area contributed by atoms with Gasteiger partial charge in [0, 0.05) is 17.0 Å². The summed E-state index contributed by atoms with van der Waals surface area (Å²) in [4.78, 5) is 0.